The normalized spacial score (nSPS) is 13.2. The zero-order chi connectivity index (χ0) is 9.23. The van der Waals surface area contributed by atoms with Gasteiger partial charge in [0.2, 0.25) is 0 Å². The van der Waals surface area contributed by atoms with Gasteiger partial charge in [0.15, 0.2) is 0 Å². The molecule has 0 heterocycles. The van der Waals surface area contributed by atoms with Crippen LogP contribution in [-0.4, -0.2) is 0 Å². The van der Waals surface area contributed by atoms with Crippen molar-refractivity contribution in [3.05, 3.63) is 0 Å². The van der Waals surface area contributed by atoms with Crippen LogP contribution in [0.2, 0.25) is 0 Å². The van der Waals surface area contributed by atoms with E-state index in [4.69, 9.17) is 5.90 Å². The average Bonchev–Trinajstić information content (AvgIpc) is 2.10. The third kappa shape index (κ3) is 10.6. The second kappa shape index (κ2) is 11.5. The van der Waals surface area contributed by atoms with E-state index in [2.05, 4.69) is 29.5 Å². The number of nitrogens with zero attached hydrogens (tertiary/aromatic N) is 1. The predicted octanol–water partition coefficient (Wildman–Crippen LogP) is 6.41. The molecular formula is H2N2OP8S. The molecule has 12 heavy (non-hydrogen) atoms. The molecular weight excluding hydrogens is 324 g/mol. The summed E-state index contributed by atoms with van der Waals surface area (Å²) in [7, 11) is 11.4. The number of rotatable bonds is 3. The SMILES string of the molecule is NOP(#P)P=PP=PP=PN=S. The van der Waals surface area contributed by atoms with Gasteiger partial charge in [0.25, 0.3) is 0 Å². The van der Waals surface area contributed by atoms with Crippen molar-refractivity contribution in [2.75, 3.05) is 0 Å². The van der Waals surface area contributed by atoms with Gasteiger partial charge in [-0.25, -0.2) is 0 Å². The van der Waals surface area contributed by atoms with Crippen LogP contribution in [-0.2, 0) is 17.0 Å². The zero-order valence-electron chi connectivity index (χ0n) is 5.42. The summed E-state index contributed by atoms with van der Waals surface area (Å²) < 4.78 is 8.10. The topological polar surface area (TPSA) is 47.6 Å². The van der Waals surface area contributed by atoms with Gasteiger partial charge in [-0.1, -0.05) is 0 Å². The first-order valence-corrected chi connectivity index (χ1v) is 14.5. The summed E-state index contributed by atoms with van der Waals surface area (Å²) in [6.07, 6.45) is 0. The van der Waals surface area contributed by atoms with E-state index in [1.54, 1.807) is 0 Å². The van der Waals surface area contributed by atoms with E-state index in [-0.39, 0.29) is 0 Å². The second-order valence-corrected chi connectivity index (χ2v) is 17.8. The van der Waals surface area contributed by atoms with Crippen molar-refractivity contribution in [3.63, 3.8) is 0 Å². The van der Waals surface area contributed by atoms with Gasteiger partial charge in [-0.15, -0.1) is 0 Å². The molecule has 0 aromatic rings. The Bertz CT molecular complexity index is 271. The molecule has 0 fully saturated rings. The van der Waals surface area contributed by atoms with Gasteiger partial charge in [-0.3, -0.25) is 0 Å². The number of hydrogen-bond acceptors (Lipinski definition) is 3. The van der Waals surface area contributed by atoms with E-state index in [0.717, 1.165) is 15.6 Å². The first kappa shape index (κ1) is 14.5. The molecule has 0 aliphatic heterocycles. The van der Waals surface area contributed by atoms with Crippen molar-refractivity contribution in [1.82, 2.24) is 0 Å². The van der Waals surface area contributed by atoms with E-state index >= 15 is 0 Å². The van der Waals surface area contributed by atoms with E-state index in [1.807, 2.05) is 0 Å². The molecule has 0 bridgehead atoms. The second-order valence-electron chi connectivity index (χ2n) is 0.976. The first-order valence-electron chi connectivity index (χ1n) is 2.20. The van der Waals surface area contributed by atoms with Crippen molar-refractivity contribution in [1.29, 1.82) is 0 Å². The van der Waals surface area contributed by atoms with Crippen LogP contribution < -0.4 is 5.90 Å². The predicted molar refractivity (Wildman–Crippen MR) is 70.4 cm³/mol. The minimum atomic E-state index is -0.732. The molecule has 64 valence electrons. The Morgan fingerprint density at radius 2 is 2.00 bits per heavy atom. The summed E-state index contributed by atoms with van der Waals surface area (Å²) in [6, 6.07) is 0. The van der Waals surface area contributed by atoms with Gasteiger partial charge in [-0.2, -0.15) is 0 Å². The Hall–Kier alpha value is 2.47. The van der Waals surface area contributed by atoms with Crippen molar-refractivity contribution >= 4 is 73.5 Å². The Morgan fingerprint density at radius 1 is 1.33 bits per heavy atom. The zero-order valence-corrected chi connectivity index (χ0v) is 13.4. The van der Waals surface area contributed by atoms with Crippen LogP contribution in [0, 0.1) is 0 Å². The Labute approximate surface area is 88.0 Å². The van der Waals surface area contributed by atoms with Crippen molar-refractivity contribution < 1.29 is 4.62 Å². The van der Waals surface area contributed by atoms with Crippen LogP contribution in [0.5, 0.6) is 0 Å². The summed E-state index contributed by atoms with van der Waals surface area (Å²) in [4.78, 5) is 0. The Kier molecular flexibility index (Phi) is 13.9. The molecule has 0 spiro atoms. The van der Waals surface area contributed by atoms with Gasteiger partial charge < -0.3 is 0 Å². The molecule has 0 aliphatic rings. The summed E-state index contributed by atoms with van der Waals surface area (Å²) in [5, 5.41) is 0. The molecule has 12 heteroatoms. The average molecular weight is 326 g/mol. The van der Waals surface area contributed by atoms with Gasteiger partial charge in [0.1, 0.15) is 0 Å². The standard InChI is InChI=1S/H2N2OP8S/c1-3-11(4)10-9-8-7-6-5-2-12/h1H2. The third-order valence-electron chi connectivity index (χ3n) is 0.407. The Morgan fingerprint density at radius 3 is 2.58 bits per heavy atom. The molecule has 1 unspecified atom stereocenters. The van der Waals surface area contributed by atoms with Crippen LogP contribution in [0.3, 0.4) is 0 Å². The monoisotopic (exact) mass is 326 g/mol. The van der Waals surface area contributed by atoms with Gasteiger partial charge >= 0.3 is 88.2 Å². The van der Waals surface area contributed by atoms with E-state index in [9.17, 15) is 0 Å². The quantitative estimate of drug-likeness (QED) is 0.481. The van der Waals surface area contributed by atoms with Crippen LogP contribution >= 0.6 is 61.1 Å². The summed E-state index contributed by atoms with van der Waals surface area (Å²) in [5.74, 6) is 4.94. The molecule has 0 aliphatic carbocycles. The van der Waals surface area contributed by atoms with E-state index < -0.39 is 6.94 Å². The molecule has 0 rings (SSSR count). The van der Waals surface area contributed by atoms with Crippen LogP contribution in [0.25, 0.3) is 0 Å². The van der Waals surface area contributed by atoms with Crippen molar-refractivity contribution in [3.8, 4) is 0 Å². The molecule has 0 saturated carbocycles. The fourth-order valence-corrected chi connectivity index (χ4v) is 22.1. The van der Waals surface area contributed by atoms with Gasteiger partial charge in [0.05, 0.1) is 0 Å². The molecule has 3 nitrogen and oxygen atoms in total. The maximum absolute atomic E-state index is 4.94. The van der Waals surface area contributed by atoms with Crippen LogP contribution in [0.1, 0.15) is 0 Å². The summed E-state index contributed by atoms with van der Waals surface area (Å²) in [6.45, 7) is -0.732. The number of hydrogen-bond donors (Lipinski definition) is 1. The third-order valence-corrected chi connectivity index (χ3v) is 20.1. The fourth-order valence-electron chi connectivity index (χ4n) is 0.143. The maximum atomic E-state index is 4.94. The molecule has 0 amide bonds. The van der Waals surface area contributed by atoms with E-state index in [1.165, 1.54) is 30.2 Å². The minimum absolute atomic E-state index is 0.732. The Balaban J connectivity index is 3.76. The van der Waals surface area contributed by atoms with E-state index in [0.29, 0.717) is 0 Å². The molecule has 0 saturated heterocycles. The molecule has 2 N–H and O–H groups in total. The summed E-state index contributed by atoms with van der Waals surface area (Å²) in [5.41, 5.74) is 0. The number of nitrogens with two attached hydrogens (primary N) is 1. The molecule has 1 atom stereocenters. The van der Waals surface area contributed by atoms with Gasteiger partial charge in [0, 0.05) is 0 Å². The fraction of sp³-hybridized carbons (Fsp3) is 0. The first-order chi connectivity index (χ1) is 5.81. The van der Waals surface area contributed by atoms with Crippen molar-refractivity contribution in [2.24, 2.45) is 10.0 Å². The molecule has 0 aromatic carbocycles. The molecule has 0 radical (unpaired) electrons. The van der Waals surface area contributed by atoms with Gasteiger partial charge in [-0.05, 0) is 0 Å². The van der Waals surface area contributed by atoms with Crippen LogP contribution in [0.4, 0.5) is 0 Å². The van der Waals surface area contributed by atoms with Crippen molar-refractivity contribution in [2.45, 2.75) is 0 Å². The molecule has 0 aromatic heterocycles. The summed E-state index contributed by atoms with van der Waals surface area (Å²) >= 11 is 4.44. The van der Waals surface area contributed by atoms with Crippen LogP contribution in [0.15, 0.2) is 4.13 Å².